The van der Waals surface area contributed by atoms with Crippen molar-refractivity contribution < 1.29 is 4.39 Å². The quantitative estimate of drug-likeness (QED) is 0.563. The Kier molecular flexibility index (Phi) is 5.03. The van der Waals surface area contributed by atoms with E-state index in [1.54, 1.807) is 18.0 Å². The third-order valence-electron chi connectivity index (χ3n) is 2.85. The van der Waals surface area contributed by atoms with Gasteiger partial charge in [0.25, 0.3) is 0 Å². The number of rotatable bonds is 3. The Hall–Kier alpha value is -0.550. The smallest absolute Gasteiger partial charge is 0.143 e. The molecule has 1 heterocycles. The van der Waals surface area contributed by atoms with Crippen LogP contribution in [0.4, 0.5) is 4.39 Å². The SMILES string of the molecule is CC(NSC(C)(C)C)c1cc2cc(Cl)c(F)cc2nc1Cl. The molecule has 0 aliphatic carbocycles. The molecule has 0 bridgehead atoms. The summed E-state index contributed by atoms with van der Waals surface area (Å²) in [5, 5.41) is 1.23. The van der Waals surface area contributed by atoms with E-state index in [9.17, 15) is 4.39 Å². The van der Waals surface area contributed by atoms with Gasteiger partial charge in [-0.15, -0.1) is 0 Å². The Balaban J connectivity index is 2.35. The Morgan fingerprint density at radius 3 is 2.52 bits per heavy atom. The van der Waals surface area contributed by atoms with Gasteiger partial charge < -0.3 is 0 Å². The molecule has 6 heteroatoms. The lowest BCUT2D eigenvalue weighted by molar-refractivity contribution is 0.629. The zero-order valence-electron chi connectivity index (χ0n) is 12.3. The fourth-order valence-electron chi connectivity index (χ4n) is 1.79. The van der Waals surface area contributed by atoms with Gasteiger partial charge in [-0.3, -0.25) is 4.72 Å². The van der Waals surface area contributed by atoms with Gasteiger partial charge in [0.05, 0.1) is 10.5 Å². The summed E-state index contributed by atoms with van der Waals surface area (Å²) in [6.07, 6.45) is 0. The highest BCUT2D eigenvalue weighted by atomic mass is 35.5. The number of aromatic nitrogens is 1. The molecule has 2 aromatic rings. The molecule has 114 valence electrons. The van der Waals surface area contributed by atoms with Crippen LogP contribution >= 0.6 is 35.1 Å². The fourth-order valence-corrected chi connectivity index (χ4v) is 2.93. The maximum atomic E-state index is 13.5. The van der Waals surface area contributed by atoms with Crippen LogP contribution in [0, 0.1) is 5.82 Å². The number of nitrogens with one attached hydrogen (secondary N) is 1. The Morgan fingerprint density at radius 2 is 1.90 bits per heavy atom. The summed E-state index contributed by atoms with van der Waals surface area (Å²) in [7, 11) is 0. The number of halogens is 3. The zero-order valence-corrected chi connectivity index (χ0v) is 14.6. The van der Waals surface area contributed by atoms with E-state index in [4.69, 9.17) is 23.2 Å². The van der Waals surface area contributed by atoms with Crippen LogP contribution in [0.25, 0.3) is 10.9 Å². The zero-order chi connectivity index (χ0) is 15.8. The Labute approximate surface area is 138 Å². The Bertz CT molecular complexity index is 671. The second-order valence-corrected chi connectivity index (χ2v) is 8.31. The van der Waals surface area contributed by atoms with Crippen LogP contribution < -0.4 is 4.72 Å². The van der Waals surface area contributed by atoms with Crippen LogP contribution in [0.1, 0.15) is 39.3 Å². The highest BCUT2D eigenvalue weighted by Gasteiger charge is 2.17. The first kappa shape index (κ1) is 16.8. The first-order valence-corrected chi connectivity index (χ1v) is 8.13. The molecule has 0 saturated heterocycles. The molecule has 1 aromatic heterocycles. The van der Waals surface area contributed by atoms with Crippen LogP contribution in [0.5, 0.6) is 0 Å². The molecule has 1 atom stereocenters. The van der Waals surface area contributed by atoms with Crippen molar-refractivity contribution in [1.82, 2.24) is 9.71 Å². The molecule has 0 spiro atoms. The third-order valence-corrected chi connectivity index (χ3v) is 4.52. The summed E-state index contributed by atoms with van der Waals surface area (Å²) >= 11 is 13.7. The predicted octanol–water partition coefficient (Wildman–Crippen LogP) is 5.78. The van der Waals surface area contributed by atoms with Crippen molar-refractivity contribution in [1.29, 1.82) is 0 Å². The molecule has 0 aliphatic rings. The summed E-state index contributed by atoms with van der Waals surface area (Å²) in [6, 6.07) is 4.79. The third kappa shape index (κ3) is 4.22. The van der Waals surface area contributed by atoms with Gasteiger partial charge in [-0.1, -0.05) is 35.1 Å². The van der Waals surface area contributed by atoms with Gasteiger partial charge >= 0.3 is 0 Å². The minimum Gasteiger partial charge on any atom is -0.256 e. The molecule has 2 nitrogen and oxygen atoms in total. The van der Waals surface area contributed by atoms with Crippen molar-refractivity contribution >= 4 is 46.1 Å². The van der Waals surface area contributed by atoms with Crippen molar-refractivity contribution in [2.24, 2.45) is 0 Å². The molecular formula is C15H17Cl2FN2S. The van der Waals surface area contributed by atoms with Crippen LogP contribution in [0.3, 0.4) is 0 Å². The normalized spacial score (nSPS) is 13.7. The van der Waals surface area contributed by atoms with Gasteiger partial charge in [-0.2, -0.15) is 0 Å². The molecule has 0 aliphatic heterocycles. The van der Waals surface area contributed by atoms with Gasteiger partial charge in [0.2, 0.25) is 0 Å². The Morgan fingerprint density at radius 1 is 1.24 bits per heavy atom. The molecule has 0 fully saturated rings. The lowest BCUT2D eigenvalue weighted by Crippen LogP contribution is -2.20. The number of hydrogen-bond donors (Lipinski definition) is 1. The second kappa shape index (κ2) is 6.29. The van der Waals surface area contributed by atoms with E-state index in [0.717, 1.165) is 10.9 Å². The van der Waals surface area contributed by atoms with Gasteiger partial charge in [0, 0.05) is 27.8 Å². The summed E-state index contributed by atoms with van der Waals surface area (Å²) in [4.78, 5) is 4.26. The van der Waals surface area contributed by atoms with Gasteiger partial charge in [0.1, 0.15) is 11.0 Å². The monoisotopic (exact) mass is 346 g/mol. The first-order valence-electron chi connectivity index (χ1n) is 6.56. The van der Waals surface area contributed by atoms with E-state index >= 15 is 0 Å². The largest absolute Gasteiger partial charge is 0.256 e. The number of pyridine rings is 1. The fraction of sp³-hybridized carbons (Fsp3) is 0.400. The number of hydrogen-bond acceptors (Lipinski definition) is 3. The molecular weight excluding hydrogens is 330 g/mol. The molecule has 2 rings (SSSR count). The van der Waals surface area contributed by atoms with Gasteiger partial charge in [0.15, 0.2) is 0 Å². The van der Waals surface area contributed by atoms with E-state index < -0.39 is 5.82 Å². The van der Waals surface area contributed by atoms with E-state index in [2.05, 4.69) is 30.5 Å². The topological polar surface area (TPSA) is 24.9 Å². The molecule has 0 amide bonds. The van der Waals surface area contributed by atoms with Crippen LogP contribution in [0.2, 0.25) is 10.2 Å². The number of fused-ring (bicyclic) bond motifs is 1. The molecule has 21 heavy (non-hydrogen) atoms. The van der Waals surface area contributed by atoms with Crippen LogP contribution in [-0.4, -0.2) is 9.73 Å². The second-order valence-electron chi connectivity index (χ2n) is 5.88. The predicted molar refractivity (Wildman–Crippen MR) is 90.6 cm³/mol. The minimum absolute atomic E-state index is 0.0162. The van der Waals surface area contributed by atoms with E-state index in [1.807, 2.05) is 13.0 Å². The van der Waals surface area contributed by atoms with Crippen LogP contribution in [0.15, 0.2) is 18.2 Å². The van der Waals surface area contributed by atoms with E-state index in [-0.39, 0.29) is 15.8 Å². The molecule has 0 radical (unpaired) electrons. The van der Waals surface area contributed by atoms with E-state index in [1.165, 1.54) is 6.07 Å². The van der Waals surface area contributed by atoms with Gasteiger partial charge in [-0.05, 0) is 39.8 Å². The summed E-state index contributed by atoms with van der Waals surface area (Å²) in [5.41, 5.74) is 1.37. The molecule has 1 aromatic carbocycles. The highest BCUT2D eigenvalue weighted by molar-refractivity contribution is 7.98. The van der Waals surface area contributed by atoms with Crippen molar-refractivity contribution in [3.8, 4) is 0 Å². The summed E-state index contributed by atoms with van der Waals surface area (Å²) in [5.74, 6) is -0.491. The van der Waals surface area contributed by atoms with Crippen molar-refractivity contribution in [2.45, 2.75) is 38.5 Å². The van der Waals surface area contributed by atoms with Crippen molar-refractivity contribution in [3.05, 3.63) is 39.8 Å². The minimum atomic E-state index is -0.491. The highest BCUT2D eigenvalue weighted by Crippen LogP contribution is 2.31. The van der Waals surface area contributed by atoms with E-state index in [0.29, 0.717) is 10.7 Å². The first-order chi connectivity index (χ1) is 9.67. The standard InChI is InChI=1S/C15H17Cl2FN2S/c1-8(20-21-15(2,3)4)10-5-9-6-11(16)12(18)7-13(9)19-14(10)17/h5-8,20H,1-4H3. The summed E-state index contributed by atoms with van der Waals surface area (Å²) in [6.45, 7) is 8.39. The van der Waals surface area contributed by atoms with Gasteiger partial charge in [-0.25, -0.2) is 9.37 Å². The lowest BCUT2D eigenvalue weighted by atomic mass is 10.1. The van der Waals surface area contributed by atoms with Crippen LogP contribution in [-0.2, 0) is 0 Å². The number of benzene rings is 1. The summed E-state index contributed by atoms with van der Waals surface area (Å²) < 4.78 is 16.9. The molecule has 0 saturated carbocycles. The van der Waals surface area contributed by atoms with Crippen molar-refractivity contribution in [3.63, 3.8) is 0 Å². The maximum absolute atomic E-state index is 13.5. The lowest BCUT2D eigenvalue weighted by Gasteiger charge is -2.22. The molecule has 1 unspecified atom stereocenters. The average Bonchev–Trinajstić information content (AvgIpc) is 2.36. The average molecular weight is 347 g/mol. The van der Waals surface area contributed by atoms with Crippen molar-refractivity contribution in [2.75, 3.05) is 0 Å². The maximum Gasteiger partial charge on any atom is 0.143 e. The molecule has 1 N–H and O–H groups in total. The number of nitrogens with zero attached hydrogens (tertiary/aromatic N) is 1.